The second kappa shape index (κ2) is 6.28. The smallest absolute Gasteiger partial charge is 0.0351 e. The van der Waals surface area contributed by atoms with Crippen LogP contribution < -0.4 is 0 Å². The van der Waals surface area contributed by atoms with Gasteiger partial charge in [0.25, 0.3) is 0 Å². The van der Waals surface area contributed by atoms with E-state index in [1.807, 2.05) is 0 Å². The molecule has 0 rings (SSSR count). The number of hydrogen-bond acceptors (Lipinski definition) is 0. The summed E-state index contributed by atoms with van der Waals surface area (Å²) in [7, 11) is 0. The average molecular weight is 168 g/mol. The molecule has 0 heteroatoms. The van der Waals surface area contributed by atoms with Crippen molar-refractivity contribution >= 4 is 0 Å². The fraction of sp³-hybridized carbons (Fsp3) is 0.833. The minimum Gasteiger partial charge on any atom is -0.0917 e. The maximum absolute atomic E-state index is 2.36. The van der Waals surface area contributed by atoms with Crippen LogP contribution in [0, 0.1) is 5.41 Å². The van der Waals surface area contributed by atoms with Gasteiger partial charge in [-0.1, -0.05) is 45.8 Å². The third-order valence-corrected chi connectivity index (χ3v) is 2.67. The quantitative estimate of drug-likeness (QED) is 0.403. The van der Waals surface area contributed by atoms with E-state index in [1.54, 1.807) is 0 Å². The topological polar surface area (TPSA) is 0 Å². The molecular weight excluding hydrogens is 144 g/mol. The van der Waals surface area contributed by atoms with Crippen molar-refractivity contribution < 1.29 is 0 Å². The van der Waals surface area contributed by atoms with Crippen molar-refractivity contribution in [1.82, 2.24) is 0 Å². The highest BCUT2D eigenvalue weighted by atomic mass is 14.2. The predicted molar refractivity (Wildman–Crippen MR) is 57.4 cm³/mol. The van der Waals surface area contributed by atoms with Crippen LogP contribution in [0.3, 0.4) is 0 Å². The first-order valence-electron chi connectivity index (χ1n) is 5.23. The molecule has 0 fully saturated rings. The van der Waals surface area contributed by atoms with E-state index >= 15 is 0 Å². The van der Waals surface area contributed by atoms with Gasteiger partial charge in [0.05, 0.1) is 0 Å². The Balaban J connectivity index is 3.30. The number of hydrogen-bond donors (Lipinski definition) is 0. The first-order valence-corrected chi connectivity index (χ1v) is 5.23. The molecule has 0 N–H and O–H groups in total. The Bertz CT molecular complexity index is 120. The minimum absolute atomic E-state index is 0.565. The Morgan fingerprint density at radius 2 is 1.83 bits per heavy atom. The van der Waals surface area contributed by atoms with Crippen LogP contribution in [0.15, 0.2) is 12.2 Å². The zero-order chi connectivity index (χ0) is 9.45. The summed E-state index contributed by atoms with van der Waals surface area (Å²) >= 11 is 0. The molecule has 0 aromatic rings. The molecule has 0 aromatic carbocycles. The van der Waals surface area contributed by atoms with Gasteiger partial charge in [0, 0.05) is 0 Å². The van der Waals surface area contributed by atoms with E-state index in [-0.39, 0.29) is 0 Å². The van der Waals surface area contributed by atoms with E-state index in [2.05, 4.69) is 39.8 Å². The molecule has 72 valence electrons. The molecule has 0 atom stereocenters. The van der Waals surface area contributed by atoms with E-state index in [0.717, 1.165) is 0 Å². The molecule has 0 saturated carbocycles. The summed E-state index contributed by atoms with van der Waals surface area (Å²) in [6.45, 7) is 9.10. The molecule has 0 nitrogen and oxygen atoms in total. The van der Waals surface area contributed by atoms with Crippen LogP contribution in [0.1, 0.15) is 59.8 Å². The van der Waals surface area contributed by atoms with Gasteiger partial charge in [0.2, 0.25) is 0 Å². The van der Waals surface area contributed by atoms with Crippen LogP contribution in [0.25, 0.3) is 0 Å². The third-order valence-electron chi connectivity index (χ3n) is 2.67. The zero-order valence-electron chi connectivity index (χ0n) is 9.19. The van der Waals surface area contributed by atoms with Gasteiger partial charge >= 0.3 is 0 Å². The standard InChI is InChI=1S/C12H24/c1-5-7-8-9-10-11-12(3,4)6-2/h5,7H,6,8-11H2,1-4H3. The Morgan fingerprint density at radius 3 is 2.33 bits per heavy atom. The third kappa shape index (κ3) is 6.45. The maximum Gasteiger partial charge on any atom is -0.0351 e. The van der Waals surface area contributed by atoms with Crippen LogP contribution in [-0.4, -0.2) is 0 Å². The Labute approximate surface area is 78.1 Å². The Kier molecular flexibility index (Phi) is 6.14. The van der Waals surface area contributed by atoms with Crippen molar-refractivity contribution in [2.24, 2.45) is 5.41 Å². The van der Waals surface area contributed by atoms with E-state index in [4.69, 9.17) is 0 Å². The molecule has 0 aliphatic rings. The van der Waals surface area contributed by atoms with Crippen LogP contribution in [-0.2, 0) is 0 Å². The van der Waals surface area contributed by atoms with Crippen molar-refractivity contribution in [2.45, 2.75) is 59.8 Å². The van der Waals surface area contributed by atoms with Gasteiger partial charge in [0.1, 0.15) is 0 Å². The van der Waals surface area contributed by atoms with Crippen molar-refractivity contribution in [1.29, 1.82) is 0 Å². The molecule has 0 unspecified atom stereocenters. The van der Waals surface area contributed by atoms with Gasteiger partial charge in [0.15, 0.2) is 0 Å². The lowest BCUT2D eigenvalue weighted by Crippen LogP contribution is -2.08. The van der Waals surface area contributed by atoms with Gasteiger partial charge in [-0.2, -0.15) is 0 Å². The lowest BCUT2D eigenvalue weighted by atomic mass is 9.84. The summed E-state index contributed by atoms with van der Waals surface area (Å²) in [5, 5.41) is 0. The summed E-state index contributed by atoms with van der Waals surface area (Å²) in [4.78, 5) is 0. The van der Waals surface area contributed by atoms with E-state index in [9.17, 15) is 0 Å². The molecule has 0 aliphatic carbocycles. The van der Waals surface area contributed by atoms with Crippen molar-refractivity contribution in [2.75, 3.05) is 0 Å². The van der Waals surface area contributed by atoms with E-state index in [0.29, 0.717) is 5.41 Å². The van der Waals surface area contributed by atoms with Gasteiger partial charge in [-0.05, 0) is 31.6 Å². The summed E-state index contributed by atoms with van der Waals surface area (Å²) in [5.74, 6) is 0. The van der Waals surface area contributed by atoms with E-state index < -0.39 is 0 Å². The zero-order valence-corrected chi connectivity index (χ0v) is 9.19. The molecule has 0 amide bonds. The molecule has 0 radical (unpaired) electrons. The highest BCUT2D eigenvalue weighted by molar-refractivity contribution is 4.76. The first-order chi connectivity index (χ1) is 5.62. The molecule has 0 saturated heterocycles. The Hall–Kier alpha value is -0.260. The monoisotopic (exact) mass is 168 g/mol. The molecule has 0 heterocycles. The molecule has 0 bridgehead atoms. The van der Waals surface area contributed by atoms with Crippen molar-refractivity contribution in [3.63, 3.8) is 0 Å². The molecule has 0 spiro atoms. The minimum atomic E-state index is 0.565. The average Bonchev–Trinajstić information content (AvgIpc) is 2.04. The van der Waals surface area contributed by atoms with E-state index in [1.165, 1.54) is 32.1 Å². The van der Waals surface area contributed by atoms with Gasteiger partial charge in [-0.15, -0.1) is 0 Å². The molecule has 0 aliphatic heterocycles. The van der Waals surface area contributed by atoms with Gasteiger partial charge in [-0.25, -0.2) is 0 Å². The Morgan fingerprint density at radius 1 is 1.17 bits per heavy atom. The van der Waals surface area contributed by atoms with Crippen LogP contribution in [0.2, 0.25) is 0 Å². The summed E-state index contributed by atoms with van der Waals surface area (Å²) in [6, 6.07) is 0. The second-order valence-electron chi connectivity index (χ2n) is 4.33. The largest absolute Gasteiger partial charge is 0.0917 e. The summed E-state index contributed by atoms with van der Waals surface area (Å²) in [6.07, 6.45) is 11.1. The molecule has 12 heavy (non-hydrogen) atoms. The van der Waals surface area contributed by atoms with Gasteiger partial charge in [-0.3, -0.25) is 0 Å². The lowest BCUT2D eigenvalue weighted by Gasteiger charge is -2.21. The predicted octanol–water partition coefficient (Wildman–Crippen LogP) is 4.56. The van der Waals surface area contributed by atoms with Gasteiger partial charge < -0.3 is 0 Å². The highest BCUT2D eigenvalue weighted by Crippen LogP contribution is 2.26. The van der Waals surface area contributed by atoms with Crippen molar-refractivity contribution in [3.05, 3.63) is 12.2 Å². The van der Waals surface area contributed by atoms with Crippen LogP contribution >= 0.6 is 0 Å². The van der Waals surface area contributed by atoms with Crippen LogP contribution in [0.5, 0.6) is 0 Å². The second-order valence-corrected chi connectivity index (χ2v) is 4.33. The fourth-order valence-electron chi connectivity index (χ4n) is 1.21. The number of rotatable bonds is 6. The molecule has 0 aromatic heterocycles. The normalized spacial score (nSPS) is 12.7. The summed E-state index contributed by atoms with van der Waals surface area (Å²) < 4.78 is 0. The lowest BCUT2D eigenvalue weighted by molar-refractivity contribution is 0.310. The number of allylic oxidation sites excluding steroid dienone is 2. The van der Waals surface area contributed by atoms with Crippen molar-refractivity contribution in [3.8, 4) is 0 Å². The number of unbranched alkanes of at least 4 members (excludes halogenated alkanes) is 2. The van der Waals surface area contributed by atoms with Crippen LogP contribution in [0.4, 0.5) is 0 Å². The SMILES string of the molecule is CC=CCCCCC(C)(C)CC. The maximum atomic E-state index is 2.36. The summed E-state index contributed by atoms with van der Waals surface area (Å²) in [5.41, 5.74) is 0.565. The fourth-order valence-corrected chi connectivity index (χ4v) is 1.21. The first kappa shape index (κ1) is 11.7. The highest BCUT2D eigenvalue weighted by Gasteiger charge is 2.13. The molecular formula is C12H24.